The lowest BCUT2D eigenvalue weighted by atomic mass is 10.0. The summed E-state index contributed by atoms with van der Waals surface area (Å²) in [4.78, 5) is 29.7. The third-order valence-corrected chi connectivity index (χ3v) is 8.72. The number of fused-ring (bicyclic) bond motifs is 1. The summed E-state index contributed by atoms with van der Waals surface area (Å²) in [5.74, 6) is -0.00272. The molecule has 0 saturated carbocycles. The number of nitrogens with zero attached hydrogens (tertiary/aromatic N) is 2. The molecular formula is C31H38N4O6S. The van der Waals surface area contributed by atoms with E-state index in [0.717, 1.165) is 5.56 Å². The number of para-hydroxylation sites is 1. The van der Waals surface area contributed by atoms with Gasteiger partial charge < -0.3 is 25.0 Å². The van der Waals surface area contributed by atoms with E-state index >= 15 is 0 Å². The molecule has 1 aliphatic rings. The first-order valence-corrected chi connectivity index (χ1v) is 15.3. The van der Waals surface area contributed by atoms with Crippen LogP contribution in [0.15, 0.2) is 77.7 Å². The Kier molecular flexibility index (Phi) is 9.74. The van der Waals surface area contributed by atoms with E-state index in [1.807, 2.05) is 32.0 Å². The molecule has 1 heterocycles. The summed E-state index contributed by atoms with van der Waals surface area (Å²) in [5, 5.41) is 12.7. The average molecular weight is 595 g/mol. The van der Waals surface area contributed by atoms with E-state index < -0.39 is 22.2 Å². The quantitative estimate of drug-likeness (QED) is 0.360. The maximum Gasteiger partial charge on any atom is 0.321 e. The summed E-state index contributed by atoms with van der Waals surface area (Å²) in [7, 11) is -2.19. The number of anilines is 2. The minimum Gasteiger partial charge on any atom is -0.488 e. The van der Waals surface area contributed by atoms with Crippen molar-refractivity contribution in [1.82, 2.24) is 9.80 Å². The molecule has 3 atom stereocenters. The summed E-state index contributed by atoms with van der Waals surface area (Å²) < 4.78 is 35.1. The highest BCUT2D eigenvalue weighted by atomic mass is 32.2. The van der Waals surface area contributed by atoms with E-state index in [4.69, 9.17) is 4.74 Å². The van der Waals surface area contributed by atoms with Gasteiger partial charge in [0, 0.05) is 36.4 Å². The number of hydrogen-bond acceptors (Lipinski definition) is 6. The molecule has 0 unspecified atom stereocenters. The summed E-state index contributed by atoms with van der Waals surface area (Å²) in [6, 6.07) is 19.7. The van der Waals surface area contributed by atoms with Crippen molar-refractivity contribution < 1.29 is 27.9 Å². The number of sulfonamides is 1. The Morgan fingerprint density at radius 3 is 2.45 bits per heavy atom. The molecule has 224 valence electrons. The fraction of sp³-hybridized carbons (Fsp3) is 0.355. The van der Waals surface area contributed by atoms with Crippen molar-refractivity contribution in [3.63, 3.8) is 0 Å². The number of aliphatic hydroxyl groups excluding tert-OH is 1. The first-order chi connectivity index (χ1) is 20.0. The highest BCUT2D eigenvalue weighted by Gasteiger charge is 2.32. The third kappa shape index (κ3) is 7.59. The number of nitrogens with one attached hydrogen (secondary N) is 2. The third-order valence-electron chi connectivity index (χ3n) is 7.33. The molecule has 4 rings (SSSR count). The zero-order valence-electron chi connectivity index (χ0n) is 24.3. The number of hydrogen-bond donors (Lipinski definition) is 3. The summed E-state index contributed by atoms with van der Waals surface area (Å²) in [5.41, 5.74) is 2.39. The van der Waals surface area contributed by atoms with Gasteiger partial charge >= 0.3 is 6.03 Å². The van der Waals surface area contributed by atoms with Crippen LogP contribution in [-0.2, 0) is 21.2 Å². The molecule has 11 heteroatoms. The molecule has 3 aromatic carbocycles. The Hall–Kier alpha value is -4.09. The standard InChI is InChI=1S/C31H38N4O6S/c1-21-10-13-27(14-11-21)42(39,40)33-26-12-15-28-24(16-26)17-30(37)35(23(3)20-36)18-22(2)29(41-28)19-34(4)31(38)32-25-8-6-5-7-9-25/h5-16,22-23,29,33,36H,17-20H2,1-4H3,(H,32,38)/t22-,23-,29+/m0/s1. The lowest BCUT2D eigenvalue weighted by Gasteiger charge is -2.34. The van der Waals surface area contributed by atoms with E-state index in [2.05, 4.69) is 10.0 Å². The molecule has 3 N–H and O–H groups in total. The molecule has 3 aromatic rings. The van der Waals surface area contributed by atoms with E-state index in [-0.39, 0.29) is 48.0 Å². The van der Waals surface area contributed by atoms with Gasteiger partial charge in [-0.15, -0.1) is 0 Å². The van der Waals surface area contributed by atoms with Crippen molar-refractivity contribution in [1.29, 1.82) is 0 Å². The first-order valence-electron chi connectivity index (χ1n) is 13.8. The Labute approximate surface area is 247 Å². The Morgan fingerprint density at radius 2 is 1.79 bits per heavy atom. The zero-order chi connectivity index (χ0) is 30.4. The zero-order valence-corrected chi connectivity index (χ0v) is 25.1. The first kappa shape index (κ1) is 30.9. The molecule has 0 fully saturated rings. The van der Waals surface area contributed by atoms with E-state index in [0.29, 0.717) is 23.5 Å². The van der Waals surface area contributed by atoms with Gasteiger partial charge in [0.1, 0.15) is 11.9 Å². The number of aliphatic hydroxyl groups is 1. The van der Waals surface area contributed by atoms with Crippen molar-refractivity contribution in [2.24, 2.45) is 5.92 Å². The van der Waals surface area contributed by atoms with Crippen LogP contribution in [0.4, 0.5) is 16.2 Å². The summed E-state index contributed by atoms with van der Waals surface area (Å²) >= 11 is 0. The molecule has 0 radical (unpaired) electrons. The number of likely N-dealkylation sites (N-methyl/N-ethyl adjacent to an activating group) is 1. The predicted octanol–water partition coefficient (Wildman–Crippen LogP) is 4.11. The average Bonchev–Trinajstić information content (AvgIpc) is 3.00. The van der Waals surface area contributed by atoms with E-state index in [9.17, 15) is 23.1 Å². The topological polar surface area (TPSA) is 128 Å². The molecule has 1 aliphatic heterocycles. The van der Waals surface area contributed by atoms with E-state index in [1.54, 1.807) is 61.3 Å². The van der Waals surface area contributed by atoms with Crippen molar-refractivity contribution in [3.8, 4) is 5.75 Å². The number of aryl methyl sites for hydroxylation is 1. The molecule has 0 bridgehead atoms. The van der Waals surface area contributed by atoms with Gasteiger partial charge in [0.15, 0.2) is 0 Å². The van der Waals surface area contributed by atoms with Crippen LogP contribution >= 0.6 is 0 Å². The van der Waals surface area contributed by atoms with Crippen LogP contribution < -0.4 is 14.8 Å². The van der Waals surface area contributed by atoms with Gasteiger partial charge in [0.2, 0.25) is 5.91 Å². The largest absolute Gasteiger partial charge is 0.488 e. The van der Waals surface area contributed by atoms with Crippen molar-refractivity contribution in [3.05, 3.63) is 83.9 Å². The fourth-order valence-electron chi connectivity index (χ4n) is 4.74. The van der Waals surface area contributed by atoms with Gasteiger partial charge in [-0.1, -0.05) is 42.8 Å². The molecule has 0 spiro atoms. The maximum absolute atomic E-state index is 13.5. The minimum atomic E-state index is -3.86. The number of carbonyl (C=O) groups is 2. The van der Waals surface area contributed by atoms with Crippen LogP contribution in [0.5, 0.6) is 5.75 Å². The molecular weight excluding hydrogens is 556 g/mol. The highest BCUT2D eigenvalue weighted by Crippen LogP contribution is 2.30. The minimum absolute atomic E-state index is 0.0520. The Bertz CT molecular complexity index is 1500. The fourth-order valence-corrected chi connectivity index (χ4v) is 5.79. The normalized spacial score (nSPS) is 18.0. The van der Waals surface area contributed by atoms with Gasteiger partial charge in [-0.25, -0.2) is 13.2 Å². The number of carbonyl (C=O) groups excluding carboxylic acids is 2. The highest BCUT2D eigenvalue weighted by molar-refractivity contribution is 7.92. The smallest absolute Gasteiger partial charge is 0.321 e. The van der Waals surface area contributed by atoms with Crippen LogP contribution in [-0.4, -0.2) is 74.2 Å². The van der Waals surface area contributed by atoms with Crippen molar-refractivity contribution >= 4 is 33.3 Å². The molecule has 0 aliphatic carbocycles. The van der Waals surface area contributed by atoms with Crippen LogP contribution in [0, 0.1) is 12.8 Å². The van der Waals surface area contributed by atoms with Crippen molar-refractivity contribution in [2.45, 2.75) is 44.2 Å². The predicted molar refractivity (Wildman–Crippen MR) is 162 cm³/mol. The number of urea groups is 1. The van der Waals surface area contributed by atoms with Gasteiger partial charge in [-0.05, 0) is 56.3 Å². The van der Waals surface area contributed by atoms with Crippen LogP contribution in [0.1, 0.15) is 25.0 Å². The van der Waals surface area contributed by atoms with Crippen molar-refractivity contribution in [2.75, 3.05) is 36.8 Å². The second kappa shape index (κ2) is 13.3. The van der Waals surface area contributed by atoms with Gasteiger partial charge in [-0.2, -0.15) is 0 Å². The van der Waals surface area contributed by atoms with Gasteiger partial charge in [0.05, 0.1) is 30.5 Å². The SMILES string of the molecule is Cc1ccc(S(=O)(=O)Nc2ccc3c(c2)CC(=O)N([C@@H](C)CO)C[C@H](C)[C@@H](CN(C)C(=O)Nc2ccccc2)O3)cc1. The summed E-state index contributed by atoms with van der Waals surface area (Å²) in [6.07, 6.45) is -0.562. The monoisotopic (exact) mass is 594 g/mol. The molecule has 0 aromatic heterocycles. The second-order valence-corrected chi connectivity index (χ2v) is 12.5. The number of amides is 3. The number of rotatable bonds is 8. The molecule has 42 heavy (non-hydrogen) atoms. The Morgan fingerprint density at radius 1 is 1.10 bits per heavy atom. The lowest BCUT2D eigenvalue weighted by molar-refractivity contribution is -0.134. The number of ether oxygens (including phenoxy) is 1. The van der Waals surface area contributed by atoms with Gasteiger partial charge in [-0.3, -0.25) is 9.52 Å². The number of benzene rings is 3. The lowest BCUT2D eigenvalue weighted by Crippen LogP contribution is -2.48. The maximum atomic E-state index is 13.5. The van der Waals surface area contributed by atoms with Crippen LogP contribution in [0.3, 0.4) is 0 Å². The summed E-state index contributed by atoms with van der Waals surface area (Å²) in [6.45, 7) is 5.89. The second-order valence-electron chi connectivity index (χ2n) is 10.8. The molecule has 10 nitrogen and oxygen atoms in total. The van der Waals surface area contributed by atoms with Crippen LogP contribution in [0.2, 0.25) is 0 Å². The van der Waals surface area contributed by atoms with Gasteiger partial charge in [0.25, 0.3) is 10.0 Å². The van der Waals surface area contributed by atoms with E-state index in [1.165, 1.54) is 17.0 Å². The molecule has 3 amide bonds. The van der Waals surface area contributed by atoms with Crippen LogP contribution in [0.25, 0.3) is 0 Å². The Balaban J connectivity index is 1.62. The molecule has 0 saturated heterocycles.